The van der Waals surface area contributed by atoms with Gasteiger partial charge in [0, 0.05) is 33.4 Å². The summed E-state index contributed by atoms with van der Waals surface area (Å²) in [5.41, 5.74) is 16.4. The summed E-state index contributed by atoms with van der Waals surface area (Å²) in [5.74, 6) is 0. The van der Waals surface area contributed by atoms with Gasteiger partial charge in [-0.3, -0.25) is 0 Å². The highest BCUT2D eigenvalue weighted by Crippen LogP contribution is 2.45. The molecular formula is C58H40N2. The minimum absolute atomic E-state index is 1.09. The van der Waals surface area contributed by atoms with Crippen LogP contribution < -0.4 is 4.90 Å². The predicted molar refractivity (Wildman–Crippen MR) is 255 cm³/mol. The number of para-hydroxylation sites is 3. The highest BCUT2D eigenvalue weighted by atomic mass is 15.1. The summed E-state index contributed by atoms with van der Waals surface area (Å²) in [4.78, 5) is 2.41. The monoisotopic (exact) mass is 764 g/mol. The van der Waals surface area contributed by atoms with Crippen molar-refractivity contribution < 1.29 is 0 Å². The lowest BCUT2D eigenvalue weighted by molar-refractivity contribution is 1.18. The van der Waals surface area contributed by atoms with Crippen molar-refractivity contribution in [1.82, 2.24) is 4.57 Å². The van der Waals surface area contributed by atoms with Gasteiger partial charge in [0.25, 0.3) is 0 Å². The van der Waals surface area contributed by atoms with Crippen molar-refractivity contribution in [2.45, 2.75) is 0 Å². The van der Waals surface area contributed by atoms with Gasteiger partial charge in [-0.25, -0.2) is 0 Å². The highest BCUT2D eigenvalue weighted by molar-refractivity contribution is 6.16. The van der Waals surface area contributed by atoms with Gasteiger partial charge in [0.2, 0.25) is 0 Å². The Morgan fingerprint density at radius 1 is 0.300 bits per heavy atom. The third kappa shape index (κ3) is 6.14. The lowest BCUT2D eigenvalue weighted by Gasteiger charge is -2.28. The van der Waals surface area contributed by atoms with Crippen molar-refractivity contribution >= 4 is 49.6 Å². The molecule has 0 aliphatic heterocycles. The van der Waals surface area contributed by atoms with Gasteiger partial charge in [-0.1, -0.05) is 188 Å². The largest absolute Gasteiger partial charge is 0.310 e. The van der Waals surface area contributed by atoms with Crippen LogP contribution >= 0.6 is 0 Å². The average Bonchev–Trinajstić information content (AvgIpc) is 3.67. The lowest BCUT2D eigenvalue weighted by Crippen LogP contribution is -2.11. The SMILES string of the molecule is c1ccc(-c2ccccc2N(c2ccc(-c3cccc4ccccc34)cc2)c2cccc(-c3ccccc3-c3cccc4c3c3ccccc3n4-c3ccccc3)c2)cc1. The fourth-order valence-corrected chi connectivity index (χ4v) is 9.11. The van der Waals surface area contributed by atoms with E-state index in [1.54, 1.807) is 0 Å². The lowest BCUT2D eigenvalue weighted by atomic mass is 9.91. The molecule has 2 nitrogen and oxygen atoms in total. The van der Waals surface area contributed by atoms with E-state index < -0.39 is 0 Å². The molecule has 1 heterocycles. The second-order valence-corrected chi connectivity index (χ2v) is 15.3. The fraction of sp³-hybridized carbons (Fsp3) is 0. The summed E-state index contributed by atoms with van der Waals surface area (Å²) in [7, 11) is 0. The van der Waals surface area contributed by atoms with Gasteiger partial charge in [0.1, 0.15) is 0 Å². The zero-order valence-electron chi connectivity index (χ0n) is 33.0. The third-order valence-electron chi connectivity index (χ3n) is 11.8. The molecule has 0 saturated heterocycles. The summed E-state index contributed by atoms with van der Waals surface area (Å²) in [6, 6.07) is 87.8. The van der Waals surface area contributed by atoms with Crippen molar-refractivity contribution in [3.63, 3.8) is 0 Å². The van der Waals surface area contributed by atoms with Crippen LogP contribution in [0.5, 0.6) is 0 Å². The summed E-state index contributed by atoms with van der Waals surface area (Å²) in [6.45, 7) is 0. The first-order valence-electron chi connectivity index (χ1n) is 20.6. The van der Waals surface area contributed by atoms with Crippen LogP contribution in [0.3, 0.4) is 0 Å². The second-order valence-electron chi connectivity index (χ2n) is 15.3. The fourth-order valence-electron chi connectivity index (χ4n) is 9.11. The Bertz CT molecular complexity index is 3300. The standard InChI is InChI=1S/C58H40N2/c1-3-18-42(19-4-1)51-28-11-13-33-55(51)59(46-38-36-43(37-39-46)49-31-16-21-41-20-7-8-26-48(41)49)47-25-15-22-44(40-47)50-27-9-10-29-52(50)53-32-17-35-57-58(53)54-30-12-14-34-56(54)60(57)45-23-5-2-6-24-45/h1-40H. The van der Waals surface area contributed by atoms with Gasteiger partial charge in [0.05, 0.1) is 16.7 Å². The van der Waals surface area contributed by atoms with Crippen molar-refractivity contribution in [2.75, 3.05) is 4.90 Å². The minimum atomic E-state index is 1.09. The van der Waals surface area contributed by atoms with Gasteiger partial charge in [-0.05, 0) is 104 Å². The van der Waals surface area contributed by atoms with Crippen molar-refractivity contribution in [3.8, 4) is 50.2 Å². The van der Waals surface area contributed by atoms with E-state index in [1.807, 2.05) is 0 Å². The molecule has 282 valence electrons. The molecule has 11 rings (SSSR count). The molecule has 0 aliphatic rings. The van der Waals surface area contributed by atoms with Crippen LogP contribution in [0.4, 0.5) is 17.1 Å². The first kappa shape index (κ1) is 35.2. The molecule has 11 aromatic rings. The Hall–Kier alpha value is -7.94. The minimum Gasteiger partial charge on any atom is -0.310 e. The number of fused-ring (bicyclic) bond motifs is 4. The number of hydrogen-bond acceptors (Lipinski definition) is 1. The number of hydrogen-bond donors (Lipinski definition) is 0. The summed E-state index contributed by atoms with van der Waals surface area (Å²) in [5, 5.41) is 5.00. The topological polar surface area (TPSA) is 8.17 Å². The third-order valence-corrected chi connectivity index (χ3v) is 11.8. The van der Waals surface area contributed by atoms with Crippen LogP contribution in [0.25, 0.3) is 82.8 Å². The maximum absolute atomic E-state index is 2.41. The first-order valence-corrected chi connectivity index (χ1v) is 20.6. The molecule has 0 radical (unpaired) electrons. The first-order chi connectivity index (χ1) is 29.8. The van der Waals surface area contributed by atoms with Gasteiger partial charge in [-0.2, -0.15) is 0 Å². The smallest absolute Gasteiger partial charge is 0.0547 e. The highest BCUT2D eigenvalue weighted by Gasteiger charge is 2.21. The number of anilines is 3. The molecule has 10 aromatic carbocycles. The molecule has 1 aromatic heterocycles. The summed E-state index contributed by atoms with van der Waals surface area (Å²) in [6.07, 6.45) is 0. The van der Waals surface area contributed by atoms with Gasteiger partial charge >= 0.3 is 0 Å². The maximum Gasteiger partial charge on any atom is 0.0547 e. The number of benzene rings is 10. The molecule has 0 spiro atoms. The maximum atomic E-state index is 2.41. The van der Waals surface area contributed by atoms with E-state index in [0.717, 1.165) is 28.3 Å². The molecular weight excluding hydrogens is 725 g/mol. The van der Waals surface area contributed by atoms with Crippen molar-refractivity contribution in [3.05, 3.63) is 243 Å². The molecule has 0 aliphatic carbocycles. The molecule has 0 fully saturated rings. The van der Waals surface area contributed by atoms with Crippen LogP contribution in [0, 0.1) is 0 Å². The molecule has 0 unspecified atom stereocenters. The Labute approximate surface area is 350 Å². The van der Waals surface area contributed by atoms with Crippen molar-refractivity contribution in [2.24, 2.45) is 0 Å². The zero-order chi connectivity index (χ0) is 39.8. The van der Waals surface area contributed by atoms with Crippen LogP contribution in [0.15, 0.2) is 243 Å². The number of rotatable bonds is 8. The van der Waals surface area contributed by atoms with Crippen LogP contribution in [-0.4, -0.2) is 4.57 Å². The Kier molecular flexibility index (Phi) is 8.87. The normalized spacial score (nSPS) is 11.3. The van der Waals surface area contributed by atoms with E-state index in [4.69, 9.17) is 0 Å². The van der Waals surface area contributed by atoms with Crippen LogP contribution in [-0.2, 0) is 0 Å². The molecule has 60 heavy (non-hydrogen) atoms. The van der Waals surface area contributed by atoms with Gasteiger partial charge < -0.3 is 9.47 Å². The van der Waals surface area contributed by atoms with Crippen LogP contribution in [0.2, 0.25) is 0 Å². The Morgan fingerprint density at radius 2 is 0.850 bits per heavy atom. The van der Waals surface area contributed by atoms with E-state index in [-0.39, 0.29) is 0 Å². The van der Waals surface area contributed by atoms with E-state index in [0.29, 0.717) is 0 Å². The molecule has 0 amide bonds. The van der Waals surface area contributed by atoms with Crippen LogP contribution in [0.1, 0.15) is 0 Å². The summed E-state index contributed by atoms with van der Waals surface area (Å²) >= 11 is 0. The van der Waals surface area contributed by atoms with Crippen molar-refractivity contribution in [1.29, 1.82) is 0 Å². The predicted octanol–water partition coefficient (Wildman–Crippen LogP) is 16.1. The van der Waals surface area contributed by atoms with E-state index in [2.05, 4.69) is 252 Å². The Balaban J connectivity index is 1.08. The second kappa shape index (κ2) is 15.1. The zero-order valence-corrected chi connectivity index (χ0v) is 33.0. The average molecular weight is 765 g/mol. The molecule has 0 N–H and O–H groups in total. The number of aromatic nitrogens is 1. The van der Waals surface area contributed by atoms with Gasteiger partial charge in [0.15, 0.2) is 0 Å². The molecule has 0 saturated carbocycles. The quantitative estimate of drug-likeness (QED) is 0.150. The summed E-state index contributed by atoms with van der Waals surface area (Å²) < 4.78 is 2.39. The Morgan fingerprint density at radius 3 is 1.68 bits per heavy atom. The molecule has 0 atom stereocenters. The van der Waals surface area contributed by atoms with E-state index >= 15 is 0 Å². The van der Waals surface area contributed by atoms with E-state index in [1.165, 1.54) is 71.5 Å². The number of nitrogens with zero attached hydrogens (tertiary/aromatic N) is 2. The molecule has 0 bridgehead atoms. The van der Waals surface area contributed by atoms with E-state index in [9.17, 15) is 0 Å². The van der Waals surface area contributed by atoms with Gasteiger partial charge in [-0.15, -0.1) is 0 Å². The molecule has 2 heteroatoms.